The van der Waals surface area contributed by atoms with Gasteiger partial charge in [-0.2, -0.15) is 13.2 Å². The largest absolute Gasteiger partial charge is 0.405 e. The van der Waals surface area contributed by atoms with Crippen LogP contribution in [0.15, 0.2) is 53.7 Å². The molecule has 5 nitrogen and oxygen atoms in total. The molecule has 9 heteroatoms. The van der Waals surface area contributed by atoms with Crippen molar-refractivity contribution in [1.82, 2.24) is 20.1 Å². The summed E-state index contributed by atoms with van der Waals surface area (Å²) in [6, 6.07) is 15.3. The molecule has 0 fully saturated rings. The minimum atomic E-state index is -4.44. The summed E-state index contributed by atoms with van der Waals surface area (Å²) in [5, 5.41) is 10.7. The summed E-state index contributed by atoms with van der Waals surface area (Å²) in [7, 11) is 0. The monoisotopic (exact) mass is 420 g/mol. The number of aromatic nitrogens is 3. The second-order valence-corrected chi connectivity index (χ2v) is 7.40. The lowest BCUT2D eigenvalue weighted by molar-refractivity contribution is -0.136. The maximum Gasteiger partial charge on any atom is 0.405 e. The minimum Gasteiger partial charge on any atom is -0.346 e. The fourth-order valence-corrected chi connectivity index (χ4v) is 3.40. The number of benzene rings is 2. The minimum absolute atomic E-state index is 0.201. The van der Waals surface area contributed by atoms with Crippen molar-refractivity contribution < 1.29 is 18.0 Å². The van der Waals surface area contributed by atoms with Crippen molar-refractivity contribution in [3.05, 3.63) is 59.7 Å². The highest BCUT2D eigenvalue weighted by atomic mass is 32.2. The Morgan fingerprint density at radius 1 is 1.07 bits per heavy atom. The zero-order valence-corrected chi connectivity index (χ0v) is 16.6. The van der Waals surface area contributed by atoms with Crippen LogP contribution in [0.25, 0.3) is 17.1 Å². The van der Waals surface area contributed by atoms with Crippen molar-refractivity contribution >= 4 is 17.7 Å². The maximum absolute atomic E-state index is 12.3. The molecule has 0 aliphatic carbocycles. The number of carbonyl (C=O) groups is 1. The first-order valence-electron chi connectivity index (χ1n) is 8.79. The van der Waals surface area contributed by atoms with Crippen LogP contribution >= 0.6 is 11.8 Å². The molecular weight excluding hydrogens is 401 g/mol. The maximum atomic E-state index is 12.3. The number of carbonyl (C=O) groups excluding carboxylic acids is 1. The number of thioether (sulfide) groups is 1. The molecule has 152 valence electrons. The summed E-state index contributed by atoms with van der Waals surface area (Å²) >= 11 is 1.04. The van der Waals surface area contributed by atoms with E-state index in [1.165, 1.54) is 0 Å². The van der Waals surface area contributed by atoms with Crippen molar-refractivity contribution in [2.24, 2.45) is 0 Å². The quantitative estimate of drug-likeness (QED) is 0.604. The highest BCUT2D eigenvalue weighted by Crippen LogP contribution is 2.28. The Morgan fingerprint density at radius 2 is 1.79 bits per heavy atom. The lowest BCUT2D eigenvalue weighted by atomic mass is 10.1. The molecule has 0 saturated heterocycles. The third-order valence-electron chi connectivity index (χ3n) is 4.23. The van der Waals surface area contributed by atoms with Crippen LogP contribution in [0.5, 0.6) is 0 Å². The van der Waals surface area contributed by atoms with Gasteiger partial charge in [0, 0.05) is 5.56 Å². The number of alkyl halides is 3. The molecule has 3 aromatic rings. The molecule has 0 aliphatic rings. The Balaban J connectivity index is 1.90. The van der Waals surface area contributed by atoms with E-state index in [4.69, 9.17) is 0 Å². The first kappa shape index (κ1) is 20.9. The van der Waals surface area contributed by atoms with Gasteiger partial charge in [-0.15, -0.1) is 10.2 Å². The van der Waals surface area contributed by atoms with Crippen LogP contribution in [0.3, 0.4) is 0 Å². The summed E-state index contributed by atoms with van der Waals surface area (Å²) in [5.74, 6) is -0.330. The Labute approximate surface area is 170 Å². The van der Waals surface area contributed by atoms with E-state index in [1.54, 1.807) is 0 Å². The van der Waals surface area contributed by atoms with E-state index < -0.39 is 18.6 Å². The molecule has 1 heterocycles. The summed E-state index contributed by atoms with van der Waals surface area (Å²) < 4.78 is 38.6. The Kier molecular flexibility index (Phi) is 6.26. The molecule has 0 saturated carbocycles. The molecule has 3 rings (SSSR count). The fourth-order valence-electron chi connectivity index (χ4n) is 2.61. The molecular formula is C20H19F3N4OS. The number of hydrogen-bond acceptors (Lipinski definition) is 4. The smallest absolute Gasteiger partial charge is 0.346 e. The van der Waals surface area contributed by atoms with Crippen LogP contribution in [-0.2, 0) is 4.79 Å². The summed E-state index contributed by atoms with van der Waals surface area (Å²) in [5.41, 5.74) is 3.86. The van der Waals surface area contributed by atoms with Gasteiger partial charge in [0.1, 0.15) is 6.54 Å². The van der Waals surface area contributed by atoms with Gasteiger partial charge in [0.15, 0.2) is 11.0 Å². The number of amides is 1. The molecule has 0 bridgehead atoms. The molecule has 0 atom stereocenters. The molecule has 1 aromatic heterocycles. The lowest BCUT2D eigenvalue weighted by Gasteiger charge is -2.12. The van der Waals surface area contributed by atoms with E-state index in [-0.39, 0.29) is 5.75 Å². The van der Waals surface area contributed by atoms with Crippen molar-refractivity contribution in [3.63, 3.8) is 0 Å². The van der Waals surface area contributed by atoms with Crippen molar-refractivity contribution in [2.45, 2.75) is 25.2 Å². The van der Waals surface area contributed by atoms with Gasteiger partial charge in [-0.05, 0) is 37.1 Å². The summed E-state index contributed by atoms with van der Waals surface area (Å²) in [4.78, 5) is 11.8. The van der Waals surface area contributed by atoms with Gasteiger partial charge in [-0.3, -0.25) is 9.36 Å². The topological polar surface area (TPSA) is 59.8 Å². The van der Waals surface area contributed by atoms with Crippen molar-refractivity contribution in [1.29, 1.82) is 0 Å². The number of nitrogens with one attached hydrogen (secondary N) is 1. The summed E-state index contributed by atoms with van der Waals surface area (Å²) in [6.45, 7) is 2.64. The molecule has 1 N–H and O–H groups in total. The standard InChI is InChI=1S/C20H19F3N4OS/c1-13-8-9-16(10-14(13)2)27-18(15-6-4-3-5-7-15)25-26-19(27)29-11-17(28)24-12-20(21,22)23/h3-10H,11-12H2,1-2H3,(H,24,28). The normalized spacial score (nSPS) is 11.5. The second-order valence-electron chi connectivity index (χ2n) is 6.46. The highest BCUT2D eigenvalue weighted by molar-refractivity contribution is 7.99. The van der Waals surface area contributed by atoms with Gasteiger partial charge in [0.05, 0.1) is 11.4 Å². The van der Waals surface area contributed by atoms with Crippen molar-refractivity contribution in [2.75, 3.05) is 12.3 Å². The summed E-state index contributed by atoms with van der Waals surface area (Å²) in [6.07, 6.45) is -4.44. The Morgan fingerprint density at radius 3 is 2.45 bits per heavy atom. The first-order chi connectivity index (χ1) is 13.7. The Hall–Kier alpha value is -2.81. The zero-order valence-electron chi connectivity index (χ0n) is 15.8. The van der Waals surface area contributed by atoms with E-state index in [9.17, 15) is 18.0 Å². The molecule has 2 aromatic carbocycles. The van der Waals surface area contributed by atoms with E-state index in [0.29, 0.717) is 11.0 Å². The SMILES string of the molecule is Cc1ccc(-n2c(SCC(=O)NCC(F)(F)F)nnc2-c2ccccc2)cc1C. The molecule has 0 unspecified atom stereocenters. The van der Waals surface area contributed by atoms with E-state index in [0.717, 1.165) is 34.1 Å². The van der Waals surface area contributed by atoms with Gasteiger partial charge < -0.3 is 5.32 Å². The van der Waals surface area contributed by atoms with Crippen LogP contribution in [0.4, 0.5) is 13.2 Å². The lowest BCUT2D eigenvalue weighted by Crippen LogP contribution is -2.34. The average molecular weight is 420 g/mol. The second kappa shape index (κ2) is 8.69. The van der Waals surface area contributed by atoms with Crippen LogP contribution in [0.1, 0.15) is 11.1 Å². The molecule has 0 aliphatic heterocycles. The fraction of sp³-hybridized carbons (Fsp3) is 0.250. The zero-order chi connectivity index (χ0) is 21.0. The van der Waals surface area contributed by atoms with E-state index in [1.807, 2.05) is 72.3 Å². The number of hydrogen-bond donors (Lipinski definition) is 1. The van der Waals surface area contributed by atoms with Crippen LogP contribution in [-0.4, -0.2) is 39.1 Å². The molecule has 0 spiro atoms. The van der Waals surface area contributed by atoms with Gasteiger partial charge in [-0.1, -0.05) is 48.2 Å². The van der Waals surface area contributed by atoms with Gasteiger partial charge in [-0.25, -0.2) is 0 Å². The van der Waals surface area contributed by atoms with E-state index >= 15 is 0 Å². The number of nitrogens with zero attached hydrogens (tertiary/aromatic N) is 3. The van der Waals surface area contributed by atoms with Crippen molar-refractivity contribution in [3.8, 4) is 17.1 Å². The predicted molar refractivity (Wildman–Crippen MR) is 106 cm³/mol. The average Bonchev–Trinajstić information content (AvgIpc) is 3.11. The number of aryl methyl sites for hydroxylation is 2. The van der Waals surface area contributed by atoms with Gasteiger partial charge in [0.2, 0.25) is 5.91 Å². The van der Waals surface area contributed by atoms with Gasteiger partial charge in [0.25, 0.3) is 0 Å². The first-order valence-corrected chi connectivity index (χ1v) is 9.78. The van der Waals surface area contributed by atoms with Crippen LogP contribution < -0.4 is 5.32 Å². The third kappa shape index (κ3) is 5.38. The highest BCUT2D eigenvalue weighted by Gasteiger charge is 2.27. The van der Waals surface area contributed by atoms with Gasteiger partial charge >= 0.3 is 6.18 Å². The van der Waals surface area contributed by atoms with E-state index in [2.05, 4.69) is 10.2 Å². The Bertz CT molecular complexity index is 1000. The number of halogens is 3. The predicted octanol–water partition coefficient (Wildman–Crippen LogP) is 4.32. The van der Waals surface area contributed by atoms with Crippen LogP contribution in [0.2, 0.25) is 0 Å². The molecule has 0 radical (unpaired) electrons. The molecule has 29 heavy (non-hydrogen) atoms. The molecule has 1 amide bonds. The van der Waals surface area contributed by atoms with Crippen LogP contribution in [0, 0.1) is 13.8 Å². The third-order valence-corrected chi connectivity index (χ3v) is 5.16. The number of rotatable bonds is 6.